The van der Waals surface area contributed by atoms with Gasteiger partial charge < -0.3 is 0 Å². The molecule has 0 unspecified atom stereocenters. The van der Waals surface area contributed by atoms with Crippen molar-refractivity contribution in [3.05, 3.63) is 58.3 Å². The molecule has 0 spiro atoms. The van der Waals surface area contributed by atoms with Gasteiger partial charge in [-0.1, -0.05) is 22.0 Å². The Morgan fingerprint density at radius 1 is 1.24 bits per heavy atom. The number of carbonyl (C=O) groups excluding carboxylic acids is 1. The van der Waals surface area contributed by atoms with Gasteiger partial charge in [0, 0.05) is 10.7 Å². The van der Waals surface area contributed by atoms with Crippen LogP contribution >= 0.6 is 15.9 Å². The molecule has 0 aliphatic rings. The zero-order valence-corrected chi connectivity index (χ0v) is 13.4. The topological polar surface area (TPSA) is 88.2 Å². The Balaban J connectivity index is 2.11. The average Bonchev–Trinajstić information content (AvgIpc) is 2.48. The van der Waals surface area contributed by atoms with Gasteiger partial charge in [0.15, 0.2) is 0 Å². The number of hydrazine groups is 1. The lowest BCUT2D eigenvalue weighted by molar-refractivity contribution is 0.0940. The fourth-order valence-corrected chi connectivity index (χ4v) is 2.69. The molecule has 0 saturated heterocycles. The van der Waals surface area contributed by atoms with Gasteiger partial charge >= 0.3 is 0 Å². The van der Waals surface area contributed by atoms with Crippen LogP contribution in [0.25, 0.3) is 0 Å². The molecule has 0 aliphatic carbocycles. The Morgan fingerprint density at radius 2 is 2.00 bits per heavy atom. The number of halogens is 1. The van der Waals surface area contributed by atoms with E-state index in [1.54, 1.807) is 25.1 Å². The number of nitrogens with zero attached hydrogens (tertiary/aromatic N) is 1. The lowest BCUT2D eigenvalue weighted by atomic mass is 10.2. The molecule has 21 heavy (non-hydrogen) atoms. The number of rotatable bonds is 4. The Morgan fingerprint density at radius 3 is 2.62 bits per heavy atom. The van der Waals surface area contributed by atoms with Crippen LogP contribution in [0.1, 0.15) is 16.1 Å². The van der Waals surface area contributed by atoms with Gasteiger partial charge in [0.2, 0.25) is 0 Å². The minimum atomic E-state index is -3.83. The molecule has 1 amide bonds. The molecular weight excluding hydrogens is 358 g/mol. The third-order valence-electron chi connectivity index (χ3n) is 2.64. The number of nitrogens with one attached hydrogen (secondary N) is 2. The van der Waals surface area contributed by atoms with E-state index in [0.29, 0.717) is 0 Å². The number of benzene rings is 1. The molecule has 1 aromatic carbocycles. The molecule has 6 nitrogen and oxygen atoms in total. The van der Waals surface area contributed by atoms with E-state index in [1.165, 1.54) is 24.4 Å². The van der Waals surface area contributed by atoms with Gasteiger partial charge in [0.25, 0.3) is 15.9 Å². The van der Waals surface area contributed by atoms with E-state index in [2.05, 4.69) is 26.3 Å². The number of pyridine rings is 1. The van der Waals surface area contributed by atoms with Gasteiger partial charge in [0.05, 0.1) is 4.90 Å². The lowest BCUT2D eigenvalue weighted by Gasteiger charge is -2.09. The fraction of sp³-hybridized carbons (Fsp3) is 0.0769. The van der Waals surface area contributed by atoms with Crippen molar-refractivity contribution in [2.24, 2.45) is 0 Å². The molecule has 0 bridgehead atoms. The second kappa shape index (κ2) is 6.33. The normalized spacial score (nSPS) is 11.1. The van der Waals surface area contributed by atoms with Crippen molar-refractivity contribution in [1.82, 2.24) is 15.2 Å². The minimum Gasteiger partial charge on any atom is -0.272 e. The van der Waals surface area contributed by atoms with Crippen molar-refractivity contribution in [1.29, 1.82) is 0 Å². The number of hydrogen-bond donors (Lipinski definition) is 2. The number of aryl methyl sites for hydroxylation is 1. The molecule has 2 aromatic rings. The fourth-order valence-electron chi connectivity index (χ4n) is 1.52. The molecule has 2 N–H and O–H groups in total. The largest absolute Gasteiger partial charge is 0.284 e. The highest BCUT2D eigenvalue weighted by Gasteiger charge is 2.16. The molecule has 0 atom stereocenters. The van der Waals surface area contributed by atoms with E-state index in [-0.39, 0.29) is 10.6 Å². The number of aromatic nitrogens is 1. The SMILES string of the molecule is Cc1cc(S(=O)(=O)NNC(=O)c2ccccn2)ccc1Br. The minimum absolute atomic E-state index is 0.0597. The third kappa shape index (κ3) is 3.87. The Labute approximate surface area is 130 Å². The summed E-state index contributed by atoms with van der Waals surface area (Å²) in [7, 11) is -3.83. The van der Waals surface area contributed by atoms with Crippen LogP contribution in [0.4, 0.5) is 0 Å². The number of hydrogen-bond acceptors (Lipinski definition) is 4. The van der Waals surface area contributed by atoms with Crippen LogP contribution in [0.15, 0.2) is 52.0 Å². The summed E-state index contributed by atoms with van der Waals surface area (Å²) in [6.45, 7) is 1.77. The van der Waals surface area contributed by atoms with Crippen molar-refractivity contribution in [3.8, 4) is 0 Å². The van der Waals surface area contributed by atoms with E-state index >= 15 is 0 Å². The molecule has 0 aliphatic heterocycles. The Hall–Kier alpha value is -1.77. The summed E-state index contributed by atoms with van der Waals surface area (Å²) < 4.78 is 24.9. The van der Waals surface area contributed by atoms with Gasteiger partial charge in [-0.15, -0.1) is 4.83 Å². The first-order valence-electron chi connectivity index (χ1n) is 5.89. The summed E-state index contributed by atoms with van der Waals surface area (Å²) in [6.07, 6.45) is 1.45. The van der Waals surface area contributed by atoms with E-state index in [0.717, 1.165) is 10.0 Å². The van der Waals surface area contributed by atoms with Crippen LogP contribution in [0.2, 0.25) is 0 Å². The first-order valence-corrected chi connectivity index (χ1v) is 8.17. The molecule has 1 aromatic heterocycles. The van der Waals surface area contributed by atoms with Gasteiger partial charge in [-0.2, -0.15) is 0 Å². The first-order chi connectivity index (χ1) is 9.90. The van der Waals surface area contributed by atoms with Gasteiger partial charge in [-0.25, -0.2) is 8.42 Å². The summed E-state index contributed by atoms with van der Waals surface area (Å²) in [4.78, 5) is 17.7. The summed E-state index contributed by atoms with van der Waals surface area (Å²) in [5.41, 5.74) is 3.01. The maximum Gasteiger partial charge on any atom is 0.284 e. The maximum atomic E-state index is 12.1. The Bertz CT molecular complexity index is 763. The van der Waals surface area contributed by atoms with Crippen LogP contribution in [0.5, 0.6) is 0 Å². The second-order valence-corrected chi connectivity index (χ2v) is 6.72. The van der Waals surface area contributed by atoms with Crippen molar-refractivity contribution in [3.63, 3.8) is 0 Å². The van der Waals surface area contributed by atoms with E-state index in [9.17, 15) is 13.2 Å². The zero-order valence-electron chi connectivity index (χ0n) is 11.0. The molecule has 0 saturated carbocycles. The number of amides is 1. The first kappa shape index (κ1) is 15.6. The molecule has 0 radical (unpaired) electrons. The van der Waals surface area contributed by atoms with Crippen LogP contribution in [-0.2, 0) is 10.0 Å². The lowest BCUT2D eigenvalue weighted by Crippen LogP contribution is -2.41. The molecule has 1 heterocycles. The van der Waals surface area contributed by atoms with Crippen LogP contribution < -0.4 is 10.3 Å². The van der Waals surface area contributed by atoms with Crippen LogP contribution in [-0.4, -0.2) is 19.3 Å². The predicted molar refractivity (Wildman–Crippen MR) is 80.9 cm³/mol. The zero-order chi connectivity index (χ0) is 15.5. The quantitative estimate of drug-likeness (QED) is 0.803. The standard InChI is InChI=1S/C13H12BrN3O3S/c1-9-8-10(5-6-11(9)14)21(19,20)17-16-13(18)12-4-2-3-7-15-12/h2-8,17H,1H3,(H,16,18). The van der Waals surface area contributed by atoms with Gasteiger partial charge in [0.1, 0.15) is 5.69 Å². The highest BCUT2D eigenvalue weighted by atomic mass is 79.9. The van der Waals surface area contributed by atoms with Gasteiger partial charge in [-0.05, 0) is 42.8 Å². The van der Waals surface area contributed by atoms with Crippen molar-refractivity contribution < 1.29 is 13.2 Å². The van der Waals surface area contributed by atoms with Crippen LogP contribution in [0, 0.1) is 6.92 Å². The second-order valence-electron chi connectivity index (χ2n) is 4.19. The van der Waals surface area contributed by atoms with Gasteiger partial charge in [-0.3, -0.25) is 15.2 Å². The summed E-state index contributed by atoms with van der Waals surface area (Å²) in [5, 5.41) is 0. The number of carbonyl (C=O) groups is 1. The van der Waals surface area contributed by atoms with E-state index < -0.39 is 15.9 Å². The third-order valence-corrected chi connectivity index (χ3v) is 4.77. The highest BCUT2D eigenvalue weighted by molar-refractivity contribution is 9.10. The molecular formula is C13H12BrN3O3S. The van der Waals surface area contributed by atoms with Crippen LogP contribution in [0.3, 0.4) is 0 Å². The monoisotopic (exact) mass is 369 g/mol. The van der Waals surface area contributed by atoms with Crippen molar-refractivity contribution >= 4 is 31.9 Å². The molecule has 110 valence electrons. The Kier molecular flexibility index (Phi) is 4.71. The van der Waals surface area contributed by atoms with E-state index in [4.69, 9.17) is 0 Å². The average molecular weight is 370 g/mol. The summed E-state index contributed by atoms with van der Waals surface area (Å²) in [6, 6.07) is 9.34. The highest BCUT2D eigenvalue weighted by Crippen LogP contribution is 2.19. The number of sulfonamides is 1. The van der Waals surface area contributed by atoms with Crippen molar-refractivity contribution in [2.75, 3.05) is 0 Å². The van der Waals surface area contributed by atoms with E-state index in [1.807, 2.05) is 4.83 Å². The summed E-state index contributed by atoms with van der Waals surface area (Å²) in [5.74, 6) is -0.631. The van der Waals surface area contributed by atoms with Crippen molar-refractivity contribution in [2.45, 2.75) is 11.8 Å². The maximum absolute atomic E-state index is 12.1. The molecule has 2 rings (SSSR count). The summed E-state index contributed by atoms with van der Waals surface area (Å²) >= 11 is 3.30. The smallest absolute Gasteiger partial charge is 0.272 e. The molecule has 8 heteroatoms. The predicted octanol–water partition coefficient (Wildman–Crippen LogP) is 1.78. The molecule has 0 fully saturated rings.